The number of nitrogens with zero attached hydrogens (tertiary/aromatic N) is 3. The van der Waals surface area contributed by atoms with Gasteiger partial charge in [0.05, 0.1) is 6.54 Å². The number of anilines is 1. The van der Waals surface area contributed by atoms with E-state index >= 15 is 0 Å². The van der Waals surface area contributed by atoms with Gasteiger partial charge < -0.3 is 15.5 Å². The smallest absolute Gasteiger partial charge is 0.246 e. The van der Waals surface area contributed by atoms with E-state index in [4.69, 9.17) is 0 Å². The molecule has 1 saturated carbocycles. The number of hydrogen-bond donors (Lipinski definition) is 2. The molecule has 2 aliphatic heterocycles. The van der Waals surface area contributed by atoms with Crippen molar-refractivity contribution in [1.82, 2.24) is 15.5 Å². The Labute approximate surface area is 178 Å². The van der Waals surface area contributed by atoms with Gasteiger partial charge in [-0.1, -0.05) is 25.1 Å². The molecule has 7 heteroatoms. The van der Waals surface area contributed by atoms with Crippen molar-refractivity contribution in [2.45, 2.75) is 38.3 Å². The van der Waals surface area contributed by atoms with Gasteiger partial charge in [0.15, 0.2) is 5.96 Å². The molecule has 2 N–H and O–H groups in total. The predicted octanol–water partition coefficient (Wildman–Crippen LogP) is 1.84. The van der Waals surface area contributed by atoms with Crippen LogP contribution < -0.4 is 15.5 Å². The monoisotopic (exact) mass is 483 g/mol. The summed E-state index contributed by atoms with van der Waals surface area (Å²) in [6.45, 7) is 5.55. The zero-order valence-corrected chi connectivity index (χ0v) is 18.5. The highest BCUT2D eigenvalue weighted by Gasteiger charge is 2.38. The molecule has 2 atom stereocenters. The Morgan fingerprint density at radius 2 is 2.04 bits per heavy atom. The summed E-state index contributed by atoms with van der Waals surface area (Å²) in [5.41, 5.74) is 2.30. The van der Waals surface area contributed by atoms with E-state index < -0.39 is 0 Å². The Morgan fingerprint density at radius 1 is 1.26 bits per heavy atom. The highest BCUT2D eigenvalue weighted by Crippen LogP contribution is 2.31. The van der Waals surface area contributed by atoms with E-state index in [-0.39, 0.29) is 36.4 Å². The first-order valence-electron chi connectivity index (χ1n) is 9.75. The van der Waals surface area contributed by atoms with Crippen molar-refractivity contribution in [3.8, 4) is 0 Å². The fourth-order valence-corrected chi connectivity index (χ4v) is 4.15. The zero-order chi connectivity index (χ0) is 18.1. The number of amides is 1. The van der Waals surface area contributed by atoms with Crippen molar-refractivity contribution in [2.75, 3.05) is 38.1 Å². The molecule has 148 valence electrons. The molecule has 2 unspecified atom stereocenters. The van der Waals surface area contributed by atoms with Gasteiger partial charge in [0, 0.05) is 44.5 Å². The van der Waals surface area contributed by atoms with E-state index in [9.17, 15) is 4.79 Å². The number of para-hydroxylation sites is 1. The van der Waals surface area contributed by atoms with Crippen molar-refractivity contribution in [2.24, 2.45) is 10.9 Å². The van der Waals surface area contributed by atoms with Gasteiger partial charge in [0.2, 0.25) is 5.91 Å². The molecular formula is C20H30IN5O. The molecular weight excluding hydrogens is 453 g/mol. The first-order chi connectivity index (χ1) is 12.7. The summed E-state index contributed by atoms with van der Waals surface area (Å²) in [6, 6.07) is 9.35. The molecule has 0 bridgehead atoms. The molecule has 1 aromatic carbocycles. The maximum atomic E-state index is 12.7. The van der Waals surface area contributed by atoms with Crippen LogP contribution in [0.5, 0.6) is 0 Å². The fraction of sp³-hybridized carbons (Fsp3) is 0.600. The van der Waals surface area contributed by atoms with E-state index in [1.807, 2.05) is 23.1 Å². The average Bonchev–Trinajstić information content (AvgIpc) is 3.31. The lowest BCUT2D eigenvalue weighted by Gasteiger charge is -2.22. The minimum absolute atomic E-state index is 0. The molecule has 1 amide bonds. The number of carbonyl (C=O) groups is 1. The molecule has 0 aromatic heterocycles. The Balaban J connectivity index is 0.00000210. The number of fused-ring (bicyclic) bond motifs is 1. The van der Waals surface area contributed by atoms with Crippen molar-refractivity contribution >= 4 is 41.5 Å². The molecule has 27 heavy (non-hydrogen) atoms. The lowest BCUT2D eigenvalue weighted by molar-refractivity contribution is -0.117. The summed E-state index contributed by atoms with van der Waals surface area (Å²) < 4.78 is 0. The van der Waals surface area contributed by atoms with Crippen molar-refractivity contribution < 1.29 is 4.79 Å². The van der Waals surface area contributed by atoms with Crippen LogP contribution in [0.1, 0.15) is 25.3 Å². The van der Waals surface area contributed by atoms with Crippen LogP contribution in [0.25, 0.3) is 0 Å². The number of rotatable bonds is 4. The average molecular weight is 483 g/mol. The molecule has 3 aliphatic rings. The van der Waals surface area contributed by atoms with Crippen molar-refractivity contribution in [3.63, 3.8) is 0 Å². The summed E-state index contributed by atoms with van der Waals surface area (Å²) in [7, 11) is 1.77. The Hall–Kier alpha value is -1.35. The summed E-state index contributed by atoms with van der Waals surface area (Å²) in [5.74, 6) is 1.41. The number of nitrogens with one attached hydrogen (secondary N) is 2. The normalized spacial score (nSPS) is 25.1. The van der Waals surface area contributed by atoms with Crippen molar-refractivity contribution in [1.29, 1.82) is 0 Å². The van der Waals surface area contributed by atoms with E-state index in [0.29, 0.717) is 12.0 Å². The minimum Gasteiger partial charge on any atom is -0.352 e. The van der Waals surface area contributed by atoms with Gasteiger partial charge in [-0.05, 0) is 36.8 Å². The number of aliphatic imine (C=N–C) groups is 1. The van der Waals surface area contributed by atoms with Gasteiger partial charge in [-0.2, -0.15) is 0 Å². The topological polar surface area (TPSA) is 60.0 Å². The molecule has 1 aliphatic carbocycles. The first kappa shape index (κ1) is 20.4. The molecule has 2 heterocycles. The Kier molecular flexibility index (Phi) is 6.62. The van der Waals surface area contributed by atoms with E-state index in [1.54, 1.807) is 7.05 Å². The summed E-state index contributed by atoms with van der Waals surface area (Å²) in [4.78, 5) is 21.4. The number of halogens is 1. The molecule has 2 fully saturated rings. The van der Waals surface area contributed by atoms with Gasteiger partial charge in [0.25, 0.3) is 0 Å². The minimum atomic E-state index is 0. The third-order valence-corrected chi connectivity index (χ3v) is 5.84. The summed E-state index contributed by atoms with van der Waals surface area (Å²) in [6.07, 6.45) is 3.63. The number of guanidine groups is 1. The van der Waals surface area contributed by atoms with E-state index in [0.717, 1.165) is 43.7 Å². The number of hydrogen-bond acceptors (Lipinski definition) is 3. The number of benzene rings is 1. The number of likely N-dealkylation sites (tertiary alicyclic amines) is 1. The highest BCUT2D eigenvalue weighted by molar-refractivity contribution is 14.0. The maximum Gasteiger partial charge on any atom is 0.246 e. The van der Waals surface area contributed by atoms with Crippen molar-refractivity contribution in [3.05, 3.63) is 29.8 Å². The first-order valence-corrected chi connectivity index (χ1v) is 9.75. The fourth-order valence-electron chi connectivity index (χ4n) is 4.15. The van der Waals surface area contributed by atoms with Gasteiger partial charge in [-0.3, -0.25) is 14.7 Å². The molecule has 6 nitrogen and oxygen atoms in total. The van der Waals surface area contributed by atoms with Gasteiger partial charge >= 0.3 is 0 Å². The second-order valence-corrected chi connectivity index (χ2v) is 7.76. The largest absolute Gasteiger partial charge is 0.352 e. The lowest BCUT2D eigenvalue weighted by Crippen LogP contribution is -2.49. The highest BCUT2D eigenvalue weighted by atomic mass is 127. The summed E-state index contributed by atoms with van der Waals surface area (Å²) in [5, 5.41) is 6.73. The van der Waals surface area contributed by atoms with Crippen LogP contribution in [0.3, 0.4) is 0 Å². The number of carbonyl (C=O) groups excluding carboxylic acids is 1. The van der Waals surface area contributed by atoms with Crippen LogP contribution >= 0.6 is 24.0 Å². The quantitative estimate of drug-likeness (QED) is 0.390. The van der Waals surface area contributed by atoms with Gasteiger partial charge in [-0.15, -0.1) is 24.0 Å². The van der Waals surface area contributed by atoms with E-state index in [2.05, 4.69) is 33.5 Å². The Morgan fingerprint density at radius 3 is 2.78 bits per heavy atom. The predicted molar refractivity (Wildman–Crippen MR) is 120 cm³/mol. The lowest BCUT2D eigenvalue weighted by atomic mass is 10.1. The van der Waals surface area contributed by atoms with Crippen LogP contribution in [-0.2, 0) is 11.2 Å². The van der Waals surface area contributed by atoms with Crippen LogP contribution in [0, 0.1) is 5.92 Å². The standard InChI is InChI=1S/C20H29N5O.HI/c1-14-12-24(16-7-8-16)13-17(14)23-20(21-2)22-11-19(26)25-10-9-15-5-3-4-6-18(15)25;/h3-6,14,16-17H,7-13H2,1-2H3,(H2,21,22,23);1H. The van der Waals surface area contributed by atoms with Gasteiger partial charge in [-0.25, -0.2) is 0 Å². The third-order valence-electron chi connectivity index (χ3n) is 5.84. The van der Waals surface area contributed by atoms with Crippen LogP contribution in [0.15, 0.2) is 29.3 Å². The third kappa shape index (κ3) is 4.56. The molecule has 0 spiro atoms. The summed E-state index contributed by atoms with van der Waals surface area (Å²) >= 11 is 0. The zero-order valence-electron chi connectivity index (χ0n) is 16.1. The molecule has 0 radical (unpaired) electrons. The van der Waals surface area contributed by atoms with Crippen LogP contribution in [0.4, 0.5) is 5.69 Å². The second kappa shape index (κ2) is 8.77. The maximum absolute atomic E-state index is 12.7. The Bertz CT molecular complexity index is 705. The van der Waals surface area contributed by atoms with Gasteiger partial charge in [0.1, 0.15) is 0 Å². The van der Waals surface area contributed by atoms with Crippen LogP contribution in [-0.4, -0.2) is 62.1 Å². The van der Waals surface area contributed by atoms with Crippen LogP contribution in [0.2, 0.25) is 0 Å². The van der Waals surface area contributed by atoms with E-state index in [1.165, 1.54) is 18.4 Å². The molecule has 1 saturated heterocycles. The second-order valence-electron chi connectivity index (χ2n) is 7.76. The SMILES string of the molecule is CN=C(NCC(=O)N1CCc2ccccc21)NC1CN(C2CC2)CC1C.I. The molecule has 1 aromatic rings. The molecule has 4 rings (SSSR count).